The molecule has 0 amide bonds. The molecule has 0 bridgehead atoms. The molecule has 3 aromatic heterocycles. The van der Waals surface area contributed by atoms with Gasteiger partial charge in [0.15, 0.2) is 0 Å². The molecule has 0 saturated carbocycles. The number of aromatic nitrogens is 3. The first-order chi connectivity index (χ1) is 33.7. The molecule has 10 aromatic carbocycles. The van der Waals surface area contributed by atoms with Crippen LogP contribution in [0.2, 0.25) is 0 Å². The molecule has 3 heterocycles. The quantitative estimate of drug-likeness (QED) is 0.149. The Morgan fingerprint density at radius 3 is 0.941 bits per heavy atom. The predicted octanol–water partition coefficient (Wildman–Crippen LogP) is 17.3. The first-order valence-corrected chi connectivity index (χ1v) is 23.3. The highest BCUT2D eigenvalue weighted by molar-refractivity contribution is 6.12. The Morgan fingerprint density at radius 2 is 0.515 bits per heavy atom. The van der Waals surface area contributed by atoms with Gasteiger partial charge in [-0.05, 0) is 105 Å². The second kappa shape index (κ2) is 16.4. The second-order valence-electron chi connectivity index (χ2n) is 17.6. The van der Waals surface area contributed by atoms with Gasteiger partial charge in [-0.25, -0.2) is 4.98 Å². The highest BCUT2D eigenvalue weighted by Gasteiger charge is 2.17. The Morgan fingerprint density at radius 1 is 0.206 bits per heavy atom. The van der Waals surface area contributed by atoms with E-state index in [1.807, 2.05) is 12.1 Å². The van der Waals surface area contributed by atoms with Crippen molar-refractivity contribution in [2.24, 2.45) is 0 Å². The second-order valence-corrected chi connectivity index (χ2v) is 17.6. The van der Waals surface area contributed by atoms with E-state index >= 15 is 0 Å². The zero-order chi connectivity index (χ0) is 45.0. The SMILES string of the molecule is c1ccc(-c2ccc(-c3ccc(-n4c5ccccc5c5ccc(-c6ccc7c8ccccc8n(-c8ccc(-c9cc(-c%10ccccc%10)nc(-c%10ccccc%10)c9)cc8)c7c6)cc54)cc3)cc2)cc1. The van der Waals surface area contributed by atoms with Crippen molar-refractivity contribution in [1.82, 2.24) is 14.1 Å². The Bertz CT molecular complexity index is 3900. The Hall–Kier alpha value is -9.05. The first kappa shape index (κ1) is 39.3. The van der Waals surface area contributed by atoms with E-state index in [-0.39, 0.29) is 0 Å². The van der Waals surface area contributed by atoms with Gasteiger partial charge in [0.25, 0.3) is 0 Å². The third-order valence-electron chi connectivity index (χ3n) is 13.6. The molecular weight excluding hydrogens is 823 g/mol. The molecule has 13 aromatic rings. The van der Waals surface area contributed by atoms with Gasteiger partial charge < -0.3 is 9.13 Å². The van der Waals surface area contributed by atoms with Gasteiger partial charge in [0.05, 0.1) is 33.5 Å². The lowest BCUT2D eigenvalue weighted by molar-refractivity contribution is 1.18. The highest BCUT2D eigenvalue weighted by atomic mass is 15.0. The van der Waals surface area contributed by atoms with Crippen LogP contribution >= 0.6 is 0 Å². The zero-order valence-corrected chi connectivity index (χ0v) is 37.2. The number of nitrogens with zero attached hydrogens (tertiary/aromatic N) is 3. The maximum Gasteiger partial charge on any atom is 0.0715 e. The Kier molecular flexibility index (Phi) is 9.50. The van der Waals surface area contributed by atoms with Crippen LogP contribution in [0.5, 0.6) is 0 Å². The van der Waals surface area contributed by atoms with E-state index in [2.05, 4.69) is 258 Å². The molecule has 0 radical (unpaired) electrons. The van der Waals surface area contributed by atoms with E-state index in [9.17, 15) is 0 Å². The number of benzene rings is 10. The van der Waals surface area contributed by atoms with Gasteiger partial charge in [-0.2, -0.15) is 0 Å². The molecule has 318 valence electrons. The molecule has 0 N–H and O–H groups in total. The topological polar surface area (TPSA) is 22.8 Å². The van der Waals surface area contributed by atoms with E-state index < -0.39 is 0 Å². The van der Waals surface area contributed by atoms with E-state index in [4.69, 9.17) is 4.98 Å². The predicted molar refractivity (Wildman–Crippen MR) is 286 cm³/mol. The number of para-hydroxylation sites is 2. The number of hydrogen-bond acceptors (Lipinski definition) is 1. The smallest absolute Gasteiger partial charge is 0.0715 e. The molecule has 0 unspecified atom stereocenters. The average Bonchev–Trinajstić information content (AvgIpc) is 3.94. The zero-order valence-electron chi connectivity index (χ0n) is 37.2. The van der Waals surface area contributed by atoms with Crippen molar-refractivity contribution in [3.8, 4) is 78.4 Å². The van der Waals surface area contributed by atoms with E-state index in [0.717, 1.165) is 45.0 Å². The van der Waals surface area contributed by atoms with Crippen LogP contribution in [-0.4, -0.2) is 14.1 Å². The van der Waals surface area contributed by atoms with Crippen molar-refractivity contribution < 1.29 is 0 Å². The summed E-state index contributed by atoms with van der Waals surface area (Å²) in [7, 11) is 0. The molecule has 0 aliphatic heterocycles. The molecule has 68 heavy (non-hydrogen) atoms. The summed E-state index contributed by atoms with van der Waals surface area (Å²) in [5, 5.41) is 4.94. The molecular formula is C65H43N3. The van der Waals surface area contributed by atoms with Crippen LogP contribution in [0.15, 0.2) is 261 Å². The standard InChI is InChI=1S/C65H43N3/c1-4-14-44(15-5-1)45-24-26-46(27-25-45)47-28-34-54(35-29-47)67-62-22-12-10-20-56(62)58-38-32-51(42-64(58)67)52-33-39-59-57-21-11-13-23-63(57)68(65(59)43-52)55-36-30-48(31-37-55)53-40-60(49-16-6-2-7-17-49)66-61(41-53)50-18-8-3-9-19-50/h1-43H. The summed E-state index contributed by atoms with van der Waals surface area (Å²) >= 11 is 0. The molecule has 0 aliphatic carbocycles. The monoisotopic (exact) mass is 865 g/mol. The van der Waals surface area contributed by atoms with Crippen LogP contribution in [0.3, 0.4) is 0 Å². The summed E-state index contributed by atoms with van der Waals surface area (Å²) in [4.78, 5) is 5.12. The van der Waals surface area contributed by atoms with Gasteiger partial charge in [-0.3, -0.25) is 0 Å². The van der Waals surface area contributed by atoms with E-state index in [1.165, 1.54) is 77.0 Å². The summed E-state index contributed by atoms with van der Waals surface area (Å²) < 4.78 is 4.84. The van der Waals surface area contributed by atoms with Gasteiger partial charge in [0.2, 0.25) is 0 Å². The summed E-state index contributed by atoms with van der Waals surface area (Å²) in [6.45, 7) is 0. The molecule has 0 aliphatic rings. The minimum atomic E-state index is 0.957. The number of fused-ring (bicyclic) bond motifs is 6. The fraction of sp³-hybridized carbons (Fsp3) is 0. The molecule has 0 saturated heterocycles. The largest absolute Gasteiger partial charge is 0.309 e. The van der Waals surface area contributed by atoms with E-state index in [0.29, 0.717) is 0 Å². The lowest BCUT2D eigenvalue weighted by Gasteiger charge is -2.13. The van der Waals surface area contributed by atoms with Crippen molar-refractivity contribution in [3.05, 3.63) is 261 Å². The Balaban J connectivity index is 0.885. The number of hydrogen-bond donors (Lipinski definition) is 0. The first-order valence-electron chi connectivity index (χ1n) is 23.3. The maximum absolute atomic E-state index is 5.12. The van der Waals surface area contributed by atoms with Crippen LogP contribution in [0, 0.1) is 0 Å². The van der Waals surface area contributed by atoms with Crippen LogP contribution in [0.4, 0.5) is 0 Å². The molecule has 0 fully saturated rings. The van der Waals surface area contributed by atoms with Crippen molar-refractivity contribution in [2.75, 3.05) is 0 Å². The van der Waals surface area contributed by atoms with Gasteiger partial charge in [-0.1, -0.05) is 200 Å². The molecule has 13 rings (SSSR count). The molecule has 3 nitrogen and oxygen atoms in total. The Labute approximate surface area is 395 Å². The van der Waals surface area contributed by atoms with Gasteiger partial charge >= 0.3 is 0 Å². The summed E-state index contributed by atoms with van der Waals surface area (Å²) in [6, 6.07) is 94.2. The summed E-state index contributed by atoms with van der Waals surface area (Å²) in [5.41, 5.74) is 20.5. The highest BCUT2D eigenvalue weighted by Crippen LogP contribution is 2.39. The normalized spacial score (nSPS) is 11.5. The third-order valence-corrected chi connectivity index (χ3v) is 13.6. The van der Waals surface area contributed by atoms with Crippen LogP contribution < -0.4 is 0 Å². The lowest BCUT2D eigenvalue weighted by Crippen LogP contribution is -1.95. The van der Waals surface area contributed by atoms with Crippen molar-refractivity contribution >= 4 is 43.6 Å². The molecule has 0 spiro atoms. The van der Waals surface area contributed by atoms with Crippen LogP contribution in [-0.2, 0) is 0 Å². The van der Waals surface area contributed by atoms with Crippen LogP contribution in [0.25, 0.3) is 122 Å². The van der Waals surface area contributed by atoms with Gasteiger partial charge in [0, 0.05) is 44.0 Å². The van der Waals surface area contributed by atoms with Crippen molar-refractivity contribution in [1.29, 1.82) is 0 Å². The van der Waals surface area contributed by atoms with Crippen molar-refractivity contribution in [3.63, 3.8) is 0 Å². The molecule has 3 heteroatoms. The fourth-order valence-corrected chi connectivity index (χ4v) is 10.2. The van der Waals surface area contributed by atoms with Gasteiger partial charge in [-0.15, -0.1) is 0 Å². The third kappa shape index (κ3) is 6.88. The lowest BCUT2D eigenvalue weighted by atomic mass is 9.99. The van der Waals surface area contributed by atoms with Crippen LogP contribution in [0.1, 0.15) is 0 Å². The summed E-state index contributed by atoms with van der Waals surface area (Å²) in [6.07, 6.45) is 0. The maximum atomic E-state index is 5.12. The average molecular weight is 866 g/mol. The van der Waals surface area contributed by atoms with E-state index in [1.54, 1.807) is 0 Å². The minimum absolute atomic E-state index is 0.957. The van der Waals surface area contributed by atoms with Crippen molar-refractivity contribution in [2.45, 2.75) is 0 Å². The summed E-state index contributed by atoms with van der Waals surface area (Å²) in [5.74, 6) is 0. The minimum Gasteiger partial charge on any atom is -0.309 e. The fourth-order valence-electron chi connectivity index (χ4n) is 10.2. The van der Waals surface area contributed by atoms with Gasteiger partial charge in [0.1, 0.15) is 0 Å². The number of pyridine rings is 1. The molecule has 0 atom stereocenters. The number of rotatable bonds is 8.